The number of nitrogens with one attached hydrogen (secondary N) is 1. The molecule has 82 valence electrons. The molecule has 2 aromatic rings. The van der Waals surface area contributed by atoms with E-state index in [1.54, 1.807) is 18.2 Å². The Balaban J connectivity index is 1.99. The van der Waals surface area contributed by atoms with Gasteiger partial charge in [0.05, 0.1) is 5.39 Å². The molecule has 0 radical (unpaired) electrons. The van der Waals surface area contributed by atoms with E-state index in [0.717, 1.165) is 11.2 Å². The van der Waals surface area contributed by atoms with Gasteiger partial charge in [0.1, 0.15) is 0 Å². The topological polar surface area (TPSA) is 78.5 Å². The first-order valence-electron chi connectivity index (χ1n) is 5.26. The van der Waals surface area contributed by atoms with Crippen LogP contribution in [-0.4, -0.2) is 28.4 Å². The largest absolute Gasteiger partial charge is 0.488 e. The summed E-state index contributed by atoms with van der Waals surface area (Å²) in [5.74, 6) is 0.733. The molecule has 1 aliphatic carbocycles. The van der Waals surface area contributed by atoms with Crippen molar-refractivity contribution < 1.29 is 14.6 Å². The van der Waals surface area contributed by atoms with Gasteiger partial charge in [-0.3, -0.25) is 0 Å². The molecule has 6 heteroatoms. The smallest absolute Gasteiger partial charge is 0.423 e. The van der Waals surface area contributed by atoms with Crippen LogP contribution < -0.4 is 10.8 Å². The molecule has 0 aliphatic heterocycles. The standard InChI is InChI=1S/C10H11BN2O3/c14-11(15)6-1-4-8-9(5-6)16-13-10(8)12-7-2-3-7/h1,4-5,7,14-15H,2-3H2,(H,12,13). The van der Waals surface area contributed by atoms with Crippen LogP contribution in [0.5, 0.6) is 0 Å². The zero-order valence-corrected chi connectivity index (χ0v) is 8.55. The van der Waals surface area contributed by atoms with Crippen LogP contribution in [-0.2, 0) is 0 Å². The summed E-state index contributed by atoms with van der Waals surface area (Å²) in [6.45, 7) is 0. The summed E-state index contributed by atoms with van der Waals surface area (Å²) >= 11 is 0. The number of benzene rings is 1. The highest BCUT2D eigenvalue weighted by Gasteiger charge is 2.23. The van der Waals surface area contributed by atoms with E-state index in [2.05, 4.69) is 10.5 Å². The van der Waals surface area contributed by atoms with Crippen molar-refractivity contribution in [3.8, 4) is 0 Å². The van der Waals surface area contributed by atoms with Crippen LogP contribution in [0.4, 0.5) is 5.82 Å². The van der Waals surface area contributed by atoms with Gasteiger partial charge in [0, 0.05) is 6.04 Å². The van der Waals surface area contributed by atoms with Crippen LogP contribution in [0.3, 0.4) is 0 Å². The zero-order chi connectivity index (χ0) is 11.1. The summed E-state index contributed by atoms with van der Waals surface area (Å²) in [7, 11) is -1.48. The van der Waals surface area contributed by atoms with Crippen LogP contribution >= 0.6 is 0 Å². The number of rotatable bonds is 3. The van der Waals surface area contributed by atoms with Crippen LogP contribution in [0.25, 0.3) is 11.0 Å². The average Bonchev–Trinajstić information content (AvgIpc) is 2.99. The van der Waals surface area contributed by atoms with Gasteiger partial charge in [-0.05, 0) is 30.4 Å². The molecule has 1 aromatic heterocycles. The molecule has 16 heavy (non-hydrogen) atoms. The fraction of sp³-hybridized carbons (Fsp3) is 0.300. The van der Waals surface area contributed by atoms with E-state index < -0.39 is 7.12 Å². The Kier molecular flexibility index (Phi) is 2.12. The van der Waals surface area contributed by atoms with Crippen molar-refractivity contribution in [2.75, 3.05) is 5.32 Å². The second-order valence-electron chi connectivity index (χ2n) is 4.08. The minimum atomic E-state index is -1.48. The molecule has 1 aliphatic rings. The van der Waals surface area contributed by atoms with E-state index in [4.69, 9.17) is 14.6 Å². The molecule has 0 atom stereocenters. The van der Waals surface area contributed by atoms with Gasteiger partial charge in [-0.2, -0.15) is 0 Å². The minimum Gasteiger partial charge on any atom is -0.423 e. The van der Waals surface area contributed by atoms with Crippen molar-refractivity contribution >= 4 is 29.4 Å². The predicted octanol–water partition coefficient (Wildman–Crippen LogP) is 0.0819. The highest BCUT2D eigenvalue weighted by molar-refractivity contribution is 6.58. The second kappa shape index (κ2) is 3.50. The monoisotopic (exact) mass is 218 g/mol. The second-order valence-corrected chi connectivity index (χ2v) is 4.08. The third-order valence-corrected chi connectivity index (χ3v) is 2.71. The van der Waals surface area contributed by atoms with Gasteiger partial charge in [-0.25, -0.2) is 0 Å². The number of nitrogens with zero attached hydrogens (tertiary/aromatic N) is 1. The van der Waals surface area contributed by atoms with Crippen molar-refractivity contribution in [1.29, 1.82) is 0 Å². The van der Waals surface area contributed by atoms with Gasteiger partial charge in [0.25, 0.3) is 0 Å². The summed E-state index contributed by atoms with van der Waals surface area (Å²) in [5, 5.41) is 26.1. The van der Waals surface area contributed by atoms with Gasteiger partial charge >= 0.3 is 7.12 Å². The Morgan fingerprint density at radius 1 is 1.38 bits per heavy atom. The molecular weight excluding hydrogens is 207 g/mol. The van der Waals surface area contributed by atoms with Crippen molar-refractivity contribution in [2.24, 2.45) is 0 Å². The van der Waals surface area contributed by atoms with Crippen molar-refractivity contribution in [3.05, 3.63) is 18.2 Å². The van der Waals surface area contributed by atoms with E-state index in [9.17, 15) is 0 Å². The van der Waals surface area contributed by atoms with Crippen molar-refractivity contribution in [3.63, 3.8) is 0 Å². The van der Waals surface area contributed by atoms with Gasteiger partial charge in [-0.1, -0.05) is 11.2 Å². The Morgan fingerprint density at radius 3 is 2.88 bits per heavy atom. The van der Waals surface area contributed by atoms with E-state index in [1.807, 2.05) is 0 Å². The first kappa shape index (κ1) is 9.68. The SMILES string of the molecule is OB(O)c1ccc2c(NC3CC3)noc2c1. The maximum Gasteiger partial charge on any atom is 0.488 e. The number of aromatic nitrogens is 1. The number of fused-ring (bicyclic) bond motifs is 1. The van der Waals surface area contributed by atoms with Crippen LogP contribution in [0.1, 0.15) is 12.8 Å². The third kappa shape index (κ3) is 1.66. The fourth-order valence-electron chi connectivity index (χ4n) is 1.64. The Labute approximate surface area is 92.2 Å². The van der Waals surface area contributed by atoms with Crippen LogP contribution in [0.15, 0.2) is 22.7 Å². The number of anilines is 1. The maximum absolute atomic E-state index is 9.02. The Morgan fingerprint density at radius 2 is 2.19 bits per heavy atom. The van der Waals surface area contributed by atoms with Crippen molar-refractivity contribution in [1.82, 2.24) is 5.16 Å². The average molecular weight is 218 g/mol. The Hall–Kier alpha value is -1.53. The summed E-state index contributed by atoms with van der Waals surface area (Å²) < 4.78 is 5.13. The molecule has 0 unspecified atom stereocenters. The molecule has 0 saturated heterocycles. The predicted molar refractivity (Wildman–Crippen MR) is 60.5 cm³/mol. The molecule has 1 aromatic carbocycles. The van der Waals surface area contributed by atoms with E-state index in [1.165, 1.54) is 12.8 Å². The maximum atomic E-state index is 9.02. The van der Waals surface area contributed by atoms with E-state index >= 15 is 0 Å². The molecule has 1 saturated carbocycles. The first-order chi connectivity index (χ1) is 7.74. The molecule has 1 heterocycles. The quantitative estimate of drug-likeness (QED) is 0.636. The summed E-state index contributed by atoms with van der Waals surface area (Å²) in [5.41, 5.74) is 0.968. The molecular formula is C10H11BN2O3. The molecule has 3 N–H and O–H groups in total. The first-order valence-corrected chi connectivity index (χ1v) is 5.26. The zero-order valence-electron chi connectivity index (χ0n) is 8.55. The summed E-state index contributed by atoms with van der Waals surface area (Å²) in [6, 6.07) is 5.54. The van der Waals surface area contributed by atoms with Gasteiger partial charge in [-0.15, -0.1) is 0 Å². The summed E-state index contributed by atoms with van der Waals surface area (Å²) in [6.07, 6.45) is 2.34. The number of hydrogen-bond donors (Lipinski definition) is 3. The molecule has 0 amide bonds. The molecule has 3 rings (SSSR count). The van der Waals surface area contributed by atoms with E-state index in [-0.39, 0.29) is 0 Å². The third-order valence-electron chi connectivity index (χ3n) is 2.71. The Bertz CT molecular complexity index is 522. The molecule has 5 nitrogen and oxygen atoms in total. The highest BCUT2D eigenvalue weighted by Crippen LogP contribution is 2.28. The lowest BCUT2D eigenvalue weighted by Gasteiger charge is -1.99. The number of hydrogen-bond acceptors (Lipinski definition) is 5. The van der Waals surface area contributed by atoms with Crippen LogP contribution in [0.2, 0.25) is 0 Å². The van der Waals surface area contributed by atoms with Gasteiger partial charge in [0.15, 0.2) is 11.4 Å². The molecule has 0 bridgehead atoms. The normalized spacial score (nSPS) is 15.4. The van der Waals surface area contributed by atoms with Gasteiger partial charge in [0.2, 0.25) is 0 Å². The molecule has 1 fully saturated rings. The van der Waals surface area contributed by atoms with E-state index in [0.29, 0.717) is 17.1 Å². The minimum absolute atomic E-state index is 0.404. The lowest BCUT2D eigenvalue weighted by atomic mass is 9.80. The fourth-order valence-corrected chi connectivity index (χ4v) is 1.64. The highest BCUT2D eigenvalue weighted by atomic mass is 16.5. The lowest BCUT2D eigenvalue weighted by molar-refractivity contribution is 0.425. The lowest BCUT2D eigenvalue weighted by Crippen LogP contribution is -2.29. The van der Waals surface area contributed by atoms with Crippen molar-refractivity contribution in [2.45, 2.75) is 18.9 Å². The summed E-state index contributed by atoms with van der Waals surface area (Å²) in [4.78, 5) is 0. The van der Waals surface area contributed by atoms with Crippen LogP contribution in [0, 0.1) is 0 Å². The van der Waals surface area contributed by atoms with Gasteiger partial charge < -0.3 is 19.9 Å². The molecule has 0 spiro atoms.